The van der Waals surface area contributed by atoms with Gasteiger partial charge in [0, 0.05) is 17.2 Å². The molecule has 0 bridgehead atoms. The Hall–Kier alpha value is -0.850. The number of rotatable bonds is 6. The third-order valence-corrected chi connectivity index (χ3v) is 5.02. The maximum absolute atomic E-state index is 13.8. The predicted octanol–water partition coefficient (Wildman–Crippen LogP) is 3.57. The molecule has 0 aliphatic rings. The van der Waals surface area contributed by atoms with E-state index in [9.17, 15) is 17.6 Å². The summed E-state index contributed by atoms with van der Waals surface area (Å²) in [4.78, 5) is 11.5. The maximum atomic E-state index is 13.8. The molecule has 1 amide bonds. The van der Waals surface area contributed by atoms with Gasteiger partial charge < -0.3 is 5.32 Å². The average molecular weight is 356 g/mol. The van der Waals surface area contributed by atoms with Gasteiger partial charge in [-0.05, 0) is 18.1 Å². The lowest BCUT2D eigenvalue weighted by Crippen LogP contribution is -2.29. The number of nitrogens with one attached hydrogen (secondary N) is 1. The Balaban J connectivity index is 3.05. The topological polar surface area (TPSA) is 63.2 Å². The molecule has 0 heterocycles. The highest BCUT2D eigenvalue weighted by atomic mass is 35.7. The summed E-state index contributed by atoms with van der Waals surface area (Å²) in [5.41, 5.74) is -0.399. The summed E-state index contributed by atoms with van der Waals surface area (Å²) in [6, 6.07) is 1.62. The summed E-state index contributed by atoms with van der Waals surface area (Å²) >= 11 is 5.63. The van der Waals surface area contributed by atoms with Gasteiger partial charge in [0.1, 0.15) is 10.7 Å². The minimum Gasteiger partial charge on any atom is -0.352 e. The van der Waals surface area contributed by atoms with Crippen molar-refractivity contribution in [3.8, 4) is 0 Å². The Morgan fingerprint density at radius 1 is 1.33 bits per heavy atom. The van der Waals surface area contributed by atoms with Crippen molar-refractivity contribution >= 4 is 37.2 Å². The number of amides is 1. The molecule has 0 radical (unpaired) electrons. The number of carbonyl (C=O) groups is 1. The summed E-state index contributed by atoms with van der Waals surface area (Å²) in [5.74, 6) is -1.32. The number of halogens is 3. The van der Waals surface area contributed by atoms with Crippen molar-refractivity contribution < 1.29 is 17.6 Å². The lowest BCUT2D eigenvalue weighted by molar-refractivity contribution is 0.0942. The summed E-state index contributed by atoms with van der Waals surface area (Å²) in [6.07, 6.45) is 1.75. The minimum atomic E-state index is -4.15. The van der Waals surface area contributed by atoms with Crippen LogP contribution in [0.1, 0.15) is 37.0 Å². The van der Waals surface area contributed by atoms with Crippen LogP contribution in [-0.4, -0.2) is 20.9 Å². The van der Waals surface area contributed by atoms with Gasteiger partial charge in [0.2, 0.25) is 0 Å². The van der Waals surface area contributed by atoms with Crippen molar-refractivity contribution in [1.82, 2.24) is 5.32 Å². The monoisotopic (exact) mass is 355 g/mol. The Morgan fingerprint density at radius 3 is 2.38 bits per heavy atom. The highest BCUT2D eigenvalue weighted by Gasteiger charge is 2.21. The van der Waals surface area contributed by atoms with Crippen LogP contribution in [0.15, 0.2) is 17.0 Å². The maximum Gasteiger partial charge on any atom is 0.262 e. The third kappa shape index (κ3) is 4.83. The summed E-state index contributed by atoms with van der Waals surface area (Å²) in [5, 5.41) is 2.22. The highest BCUT2D eigenvalue weighted by Crippen LogP contribution is 2.27. The smallest absolute Gasteiger partial charge is 0.262 e. The first kappa shape index (κ1) is 18.2. The zero-order valence-electron chi connectivity index (χ0n) is 11.6. The lowest BCUT2D eigenvalue weighted by atomic mass is 10.0. The van der Waals surface area contributed by atoms with Crippen LogP contribution in [-0.2, 0) is 9.05 Å². The standard InChI is InChI=1S/C13H16Cl2FNO3S/c1-3-8(4-2)7-17-13(18)9-5-12(21(15,19)20)10(14)6-11(9)16/h5-6,8H,3-4,7H2,1-2H3,(H,17,18). The van der Waals surface area contributed by atoms with E-state index >= 15 is 0 Å². The van der Waals surface area contributed by atoms with E-state index in [-0.39, 0.29) is 10.9 Å². The van der Waals surface area contributed by atoms with Crippen molar-refractivity contribution in [1.29, 1.82) is 0 Å². The second-order valence-electron chi connectivity index (χ2n) is 4.59. The zero-order valence-corrected chi connectivity index (χ0v) is 13.9. The molecule has 1 N–H and O–H groups in total. The van der Waals surface area contributed by atoms with Crippen molar-refractivity contribution in [2.24, 2.45) is 5.92 Å². The second-order valence-corrected chi connectivity index (χ2v) is 7.53. The quantitative estimate of drug-likeness (QED) is 0.793. The molecular formula is C13H16Cl2FNO3S. The lowest BCUT2D eigenvalue weighted by Gasteiger charge is -2.14. The van der Waals surface area contributed by atoms with E-state index in [1.54, 1.807) is 0 Å². The van der Waals surface area contributed by atoms with Gasteiger partial charge in [-0.3, -0.25) is 4.79 Å². The molecule has 0 spiro atoms. The first-order valence-corrected chi connectivity index (χ1v) is 9.11. The molecule has 4 nitrogen and oxygen atoms in total. The van der Waals surface area contributed by atoms with E-state index in [0.717, 1.165) is 25.0 Å². The van der Waals surface area contributed by atoms with E-state index in [4.69, 9.17) is 22.3 Å². The van der Waals surface area contributed by atoms with Gasteiger partial charge in [0.05, 0.1) is 10.6 Å². The Morgan fingerprint density at radius 2 is 1.90 bits per heavy atom. The average Bonchev–Trinajstić information content (AvgIpc) is 2.38. The molecule has 21 heavy (non-hydrogen) atoms. The fraction of sp³-hybridized carbons (Fsp3) is 0.462. The predicted molar refractivity (Wildman–Crippen MR) is 80.9 cm³/mol. The molecule has 0 saturated carbocycles. The SMILES string of the molecule is CCC(CC)CNC(=O)c1cc(S(=O)(=O)Cl)c(Cl)cc1F. The van der Waals surface area contributed by atoms with Crippen molar-refractivity contribution in [2.45, 2.75) is 31.6 Å². The van der Waals surface area contributed by atoms with Crippen LogP contribution in [0.4, 0.5) is 4.39 Å². The van der Waals surface area contributed by atoms with Crippen LogP contribution in [0.5, 0.6) is 0 Å². The van der Waals surface area contributed by atoms with Crippen LogP contribution < -0.4 is 5.32 Å². The van der Waals surface area contributed by atoms with Gasteiger partial charge in [-0.2, -0.15) is 0 Å². The molecule has 1 aromatic carbocycles. The fourth-order valence-corrected chi connectivity index (χ4v) is 3.31. The molecule has 1 aromatic rings. The second kappa shape index (κ2) is 7.42. The molecule has 118 valence electrons. The van der Waals surface area contributed by atoms with Gasteiger partial charge >= 0.3 is 0 Å². The normalized spacial score (nSPS) is 11.7. The molecule has 0 aliphatic heterocycles. The number of carbonyl (C=O) groups excluding carboxylic acids is 1. The largest absolute Gasteiger partial charge is 0.352 e. The van der Waals surface area contributed by atoms with Crippen LogP contribution >= 0.6 is 22.3 Å². The Labute approximate surface area is 133 Å². The number of hydrogen-bond acceptors (Lipinski definition) is 3. The molecule has 0 saturated heterocycles. The summed E-state index contributed by atoms with van der Waals surface area (Å²) in [6.45, 7) is 4.36. The molecule has 0 fully saturated rings. The summed E-state index contributed by atoms with van der Waals surface area (Å²) < 4.78 is 36.4. The molecule has 1 rings (SSSR count). The van der Waals surface area contributed by atoms with Crippen molar-refractivity contribution in [3.63, 3.8) is 0 Å². The first-order chi connectivity index (χ1) is 9.70. The molecule has 0 aromatic heterocycles. The van der Waals surface area contributed by atoms with Crippen molar-refractivity contribution in [3.05, 3.63) is 28.5 Å². The van der Waals surface area contributed by atoms with Gasteiger partial charge in [-0.25, -0.2) is 12.8 Å². The van der Waals surface area contributed by atoms with E-state index < -0.39 is 31.2 Å². The van der Waals surface area contributed by atoms with Crippen LogP contribution in [0.2, 0.25) is 5.02 Å². The van der Waals surface area contributed by atoms with Crippen LogP contribution in [0.3, 0.4) is 0 Å². The van der Waals surface area contributed by atoms with Crippen molar-refractivity contribution in [2.75, 3.05) is 6.54 Å². The highest BCUT2D eigenvalue weighted by molar-refractivity contribution is 8.13. The summed E-state index contributed by atoms with van der Waals surface area (Å²) in [7, 11) is 1.05. The third-order valence-electron chi connectivity index (χ3n) is 3.23. The zero-order chi connectivity index (χ0) is 16.2. The molecule has 8 heteroatoms. The molecule has 0 unspecified atom stereocenters. The van der Waals surface area contributed by atoms with E-state index in [1.165, 1.54) is 0 Å². The molecule has 0 atom stereocenters. The molecular weight excluding hydrogens is 340 g/mol. The number of benzene rings is 1. The minimum absolute atomic E-state index is 0.278. The van der Waals surface area contributed by atoms with E-state index in [0.29, 0.717) is 6.54 Å². The fourth-order valence-electron chi connectivity index (χ4n) is 1.80. The van der Waals surface area contributed by atoms with E-state index in [1.807, 2.05) is 13.8 Å². The Kier molecular flexibility index (Phi) is 6.43. The van der Waals surface area contributed by atoms with Crippen LogP contribution in [0.25, 0.3) is 0 Å². The Bertz CT molecular complexity index is 631. The van der Waals surface area contributed by atoms with Crippen LogP contribution in [0, 0.1) is 11.7 Å². The number of hydrogen-bond donors (Lipinski definition) is 1. The van der Waals surface area contributed by atoms with Gasteiger partial charge in [0.15, 0.2) is 0 Å². The molecule has 0 aliphatic carbocycles. The van der Waals surface area contributed by atoms with E-state index in [2.05, 4.69) is 5.32 Å². The van der Waals surface area contributed by atoms with Gasteiger partial charge in [-0.15, -0.1) is 0 Å². The van der Waals surface area contributed by atoms with Gasteiger partial charge in [0.25, 0.3) is 15.0 Å². The first-order valence-electron chi connectivity index (χ1n) is 6.42. The van der Waals surface area contributed by atoms with Gasteiger partial charge in [-0.1, -0.05) is 38.3 Å².